The molecule has 0 saturated carbocycles. The van der Waals surface area contributed by atoms with Crippen molar-refractivity contribution in [3.8, 4) is 0 Å². The number of carbonyl (C=O) groups excluding carboxylic acids is 1. The Morgan fingerprint density at radius 1 is 1.50 bits per heavy atom. The Bertz CT molecular complexity index is 459. The summed E-state index contributed by atoms with van der Waals surface area (Å²) in [6.07, 6.45) is 1.11. The summed E-state index contributed by atoms with van der Waals surface area (Å²) < 4.78 is 0. The van der Waals surface area contributed by atoms with Crippen molar-refractivity contribution in [1.29, 1.82) is 0 Å². The SMILES string of the molecule is CCN(CC(C)(C)CN)C(=O)c1cc2c(s1)CCSC2. The Balaban J connectivity index is 2.14. The number of fused-ring (bicyclic) bond motifs is 1. The molecule has 0 radical (unpaired) electrons. The van der Waals surface area contributed by atoms with Crippen molar-refractivity contribution < 1.29 is 4.79 Å². The molecule has 112 valence electrons. The first kappa shape index (κ1) is 15.9. The largest absolute Gasteiger partial charge is 0.338 e. The average Bonchev–Trinajstić information content (AvgIpc) is 2.88. The number of hydrogen-bond donors (Lipinski definition) is 1. The highest BCUT2D eigenvalue weighted by molar-refractivity contribution is 7.98. The highest BCUT2D eigenvalue weighted by Crippen LogP contribution is 2.32. The lowest BCUT2D eigenvalue weighted by atomic mass is 9.93. The van der Waals surface area contributed by atoms with Gasteiger partial charge in [0.05, 0.1) is 4.88 Å². The van der Waals surface area contributed by atoms with Gasteiger partial charge >= 0.3 is 0 Å². The fraction of sp³-hybridized carbons (Fsp3) is 0.667. The van der Waals surface area contributed by atoms with Gasteiger partial charge in [0.1, 0.15) is 0 Å². The van der Waals surface area contributed by atoms with E-state index in [4.69, 9.17) is 5.73 Å². The molecule has 1 aromatic rings. The minimum atomic E-state index is -0.0294. The topological polar surface area (TPSA) is 46.3 Å². The number of rotatable bonds is 5. The van der Waals surface area contributed by atoms with Gasteiger partial charge in [-0.1, -0.05) is 13.8 Å². The van der Waals surface area contributed by atoms with Crippen LogP contribution in [-0.2, 0) is 12.2 Å². The molecule has 0 aromatic carbocycles. The number of nitrogens with two attached hydrogens (primary N) is 1. The number of carbonyl (C=O) groups is 1. The molecule has 0 fully saturated rings. The van der Waals surface area contributed by atoms with Gasteiger partial charge in [-0.05, 0) is 42.7 Å². The summed E-state index contributed by atoms with van der Waals surface area (Å²) in [6, 6.07) is 2.10. The van der Waals surface area contributed by atoms with E-state index in [-0.39, 0.29) is 11.3 Å². The minimum Gasteiger partial charge on any atom is -0.338 e. The van der Waals surface area contributed by atoms with Crippen molar-refractivity contribution in [1.82, 2.24) is 4.90 Å². The summed E-state index contributed by atoms with van der Waals surface area (Å²) in [5.74, 6) is 2.40. The first-order valence-corrected chi connectivity index (χ1v) is 9.12. The average molecular weight is 313 g/mol. The Kier molecular flexibility index (Phi) is 5.15. The second-order valence-electron chi connectivity index (χ2n) is 6.05. The van der Waals surface area contributed by atoms with Crippen molar-refractivity contribution in [2.45, 2.75) is 32.9 Å². The maximum Gasteiger partial charge on any atom is 0.263 e. The van der Waals surface area contributed by atoms with E-state index in [1.807, 2.05) is 23.6 Å². The van der Waals surface area contributed by atoms with E-state index in [1.54, 1.807) is 11.3 Å². The fourth-order valence-corrected chi connectivity index (χ4v) is 4.66. The van der Waals surface area contributed by atoms with Crippen LogP contribution in [0.1, 0.15) is 40.9 Å². The Hall–Kier alpha value is -0.520. The van der Waals surface area contributed by atoms with Crippen LogP contribution in [0.3, 0.4) is 0 Å². The number of thioether (sulfide) groups is 1. The molecule has 2 rings (SSSR count). The smallest absolute Gasteiger partial charge is 0.263 e. The van der Waals surface area contributed by atoms with Gasteiger partial charge in [0.15, 0.2) is 0 Å². The molecule has 1 aliphatic rings. The maximum absolute atomic E-state index is 12.7. The van der Waals surface area contributed by atoms with Crippen LogP contribution in [0.5, 0.6) is 0 Å². The molecule has 0 saturated heterocycles. The Morgan fingerprint density at radius 3 is 2.85 bits per heavy atom. The van der Waals surface area contributed by atoms with Gasteiger partial charge in [-0.25, -0.2) is 0 Å². The standard InChI is InChI=1S/C15H24N2OS2/c1-4-17(10-15(2,3)9-16)14(18)13-7-11-8-19-6-5-12(11)20-13/h7H,4-6,8-10,16H2,1-3H3. The lowest BCUT2D eigenvalue weighted by Gasteiger charge is -2.30. The summed E-state index contributed by atoms with van der Waals surface area (Å²) in [5, 5.41) is 0. The molecule has 3 nitrogen and oxygen atoms in total. The van der Waals surface area contributed by atoms with Crippen molar-refractivity contribution in [2.24, 2.45) is 11.1 Å². The summed E-state index contributed by atoms with van der Waals surface area (Å²) in [4.78, 5) is 16.9. The zero-order valence-electron chi connectivity index (χ0n) is 12.6. The van der Waals surface area contributed by atoms with Crippen molar-refractivity contribution >= 4 is 29.0 Å². The number of nitrogens with zero attached hydrogens (tertiary/aromatic N) is 1. The van der Waals surface area contributed by atoms with Crippen molar-refractivity contribution in [3.63, 3.8) is 0 Å². The normalized spacial score (nSPS) is 15.0. The lowest BCUT2D eigenvalue weighted by molar-refractivity contribution is 0.0705. The van der Waals surface area contributed by atoms with Crippen LogP contribution in [0.2, 0.25) is 0 Å². The second-order valence-corrected chi connectivity index (χ2v) is 8.29. The van der Waals surface area contributed by atoms with Crippen LogP contribution < -0.4 is 5.73 Å². The molecule has 0 aliphatic carbocycles. The van der Waals surface area contributed by atoms with Gasteiger partial charge in [-0.3, -0.25) is 4.79 Å². The zero-order valence-corrected chi connectivity index (χ0v) is 14.2. The summed E-state index contributed by atoms with van der Waals surface area (Å²) in [7, 11) is 0. The molecule has 0 bridgehead atoms. The molecule has 0 atom stereocenters. The third kappa shape index (κ3) is 3.57. The van der Waals surface area contributed by atoms with E-state index in [0.29, 0.717) is 6.54 Å². The zero-order chi connectivity index (χ0) is 14.8. The summed E-state index contributed by atoms with van der Waals surface area (Å²) >= 11 is 3.64. The van der Waals surface area contributed by atoms with Gasteiger partial charge < -0.3 is 10.6 Å². The van der Waals surface area contributed by atoms with E-state index in [9.17, 15) is 4.79 Å². The quantitative estimate of drug-likeness (QED) is 0.909. The molecule has 0 spiro atoms. The molecule has 2 heterocycles. The van der Waals surface area contributed by atoms with Crippen LogP contribution in [0, 0.1) is 5.41 Å². The van der Waals surface area contributed by atoms with Crippen LogP contribution in [0.4, 0.5) is 0 Å². The molecule has 2 N–H and O–H groups in total. The number of thiophene rings is 1. The Labute approximate surface area is 129 Å². The molecule has 1 aromatic heterocycles. The molecule has 1 aliphatic heterocycles. The van der Waals surface area contributed by atoms with Gasteiger partial charge in [0.2, 0.25) is 0 Å². The second kappa shape index (κ2) is 6.50. The van der Waals surface area contributed by atoms with E-state index < -0.39 is 0 Å². The van der Waals surface area contributed by atoms with E-state index in [1.165, 1.54) is 16.2 Å². The molecular weight excluding hydrogens is 288 g/mol. The van der Waals surface area contributed by atoms with Gasteiger partial charge in [-0.15, -0.1) is 11.3 Å². The number of hydrogen-bond acceptors (Lipinski definition) is 4. The highest BCUT2D eigenvalue weighted by atomic mass is 32.2. The van der Waals surface area contributed by atoms with E-state index in [0.717, 1.165) is 30.1 Å². The summed E-state index contributed by atoms with van der Waals surface area (Å²) in [5.41, 5.74) is 7.12. The van der Waals surface area contributed by atoms with Crippen molar-refractivity contribution in [3.05, 3.63) is 21.4 Å². The molecule has 20 heavy (non-hydrogen) atoms. The number of amides is 1. The lowest BCUT2D eigenvalue weighted by Crippen LogP contribution is -2.41. The molecular formula is C15H24N2OS2. The van der Waals surface area contributed by atoms with Gasteiger partial charge in [-0.2, -0.15) is 11.8 Å². The third-order valence-electron chi connectivity index (χ3n) is 3.68. The van der Waals surface area contributed by atoms with E-state index >= 15 is 0 Å². The van der Waals surface area contributed by atoms with Crippen LogP contribution in [-0.4, -0.2) is 36.2 Å². The number of aryl methyl sites for hydroxylation is 1. The third-order valence-corrected chi connectivity index (χ3v) is 5.91. The minimum absolute atomic E-state index is 0.0294. The predicted octanol–water partition coefficient (Wildman–Crippen LogP) is 2.98. The maximum atomic E-state index is 12.7. The predicted molar refractivity (Wildman–Crippen MR) is 88.6 cm³/mol. The van der Waals surface area contributed by atoms with Gasteiger partial charge in [0, 0.05) is 23.7 Å². The summed E-state index contributed by atoms with van der Waals surface area (Å²) in [6.45, 7) is 8.30. The van der Waals surface area contributed by atoms with Crippen LogP contribution in [0.15, 0.2) is 6.07 Å². The van der Waals surface area contributed by atoms with E-state index in [2.05, 4.69) is 19.9 Å². The van der Waals surface area contributed by atoms with Crippen LogP contribution in [0.25, 0.3) is 0 Å². The molecule has 0 unspecified atom stereocenters. The molecule has 5 heteroatoms. The monoisotopic (exact) mass is 312 g/mol. The van der Waals surface area contributed by atoms with Crippen molar-refractivity contribution in [2.75, 3.05) is 25.4 Å². The Morgan fingerprint density at radius 2 is 2.25 bits per heavy atom. The molecule has 1 amide bonds. The van der Waals surface area contributed by atoms with Gasteiger partial charge in [0.25, 0.3) is 5.91 Å². The highest BCUT2D eigenvalue weighted by Gasteiger charge is 2.25. The first-order valence-electron chi connectivity index (χ1n) is 7.15. The fourth-order valence-electron chi connectivity index (χ4n) is 2.32. The first-order chi connectivity index (χ1) is 9.46. The van der Waals surface area contributed by atoms with Crippen LogP contribution >= 0.6 is 23.1 Å².